The van der Waals surface area contributed by atoms with Crippen molar-refractivity contribution >= 4 is 17.3 Å². The fourth-order valence-corrected chi connectivity index (χ4v) is 5.01. The van der Waals surface area contributed by atoms with Crippen LogP contribution in [-0.4, -0.2) is 51.7 Å². The minimum atomic E-state index is -0.000527. The van der Waals surface area contributed by atoms with E-state index in [1.54, 1.807) is 7.11 Å². The third kappa shape index (κ3) is 5.34. The number of aliphatic imine (C=N–C) groups is 1. The molecule has 1 aromatic carbocycles. The van der Waals surface area contributed by atoms with Crippen molar-refractivity contribution in [3.63, 3.8) is 0 Å². The number of piperidine rings is 1. The van der Waals surface area contributed by atoms with Gasteiger partial charge in [-0.3, -0.25) is 9.89 Å². The predicted molar refractivity (Wildman–Crippen MR) is 118 cm³/mol. The van der Waals surface area contributed by atoms with Crippen LogP contribution in [0.5, 0.6) is 0 Å². The summed E-state index contributed by atoms with van der Waals surface area (Å²) >= 11 is 1.86. The van der Waals surface area contributed by atoms with Crippen LogP contribution in [-0.2, 0) is 4.74 Å². The number of hydrogen-bond acceptors (Lipinski definition) is 4. The summed E-state index contributed by atoms with van der Waals surface area (Å²) in [6.45, 7) is 2.76. The molecule has 1 fully saturated rings. The summed E-state index contributed by atoms with van der Waals surface area (Å²) in [5.74, 6) is 1.40. The van der Waals surface area contributed by atoms with Crippen molar-refractivity contribution < 1.29 is 4.74 Å². The second-order valence-corrected chi connectivity index (χ2v) is 8.29. The molecule has 1 aliphatic rings. The van der Waals surface area contributed by atoms with Crippen LogP contribution in [0.3, 0.4) is 0 Å². The van der Waals surface area contributed by atoms with Crippen molar-refractivity contribution in [3.8, 4) is 0 Å². The van der Waals surface area contributed by atoms with E-state index in [0.717, 1.165) is 12.5 Å². The first kappa shape index (κ1) is 20.8. The maximum absolute atomic E-state index is 5.66. The van der Waals surface area contributed by atoms with Gasteiger partial charge < -0.3 is 15.4 Å². The van der Waals surface area contributed by atoms with Gasteiger partial charge in [0.25, 0.3) is 0 Å². The quantitative estimate of drug-likeness (QED) is 0.550. The number of hydrogen-bond donors (Lipinski definition) is 2. The van der Waals surface area contributed by atoms with E-state index < -0.39 is 0 Å². The second kappa shape index (κ2) is 10.6. The minimum absolute atomic E-state index is 0.000527. The highest BCUT2D eigenvalue weighted by molar-refractivity contribution is 7.10. The highest BCUT2D eigenvalue weighted by atomic mass is 32.1. The van der Waals surface area contributed by atoms with Gasteiger partial charge in [-0.25, -0.2) is 0 Å². The van der Waals surface area contributed by atoms with Gasteiger partial charge in [0.15, 0.2) is 5.96 Å². The third-order valence-corrected chi connectivity index (χ3v) is 6.45. The molecule has 1 aliphatic heterocycles. The van der Waals surface area contributed by atoms with Crippen molar-refractivity contribution in [2.75, 3.05) is 40.8 Å². The lowest BCUT2D eigenvalue weighted by atomic mass is 9.88. The van der Waals surface area contributed by atoms with E-state index in [4.69, 9.17) is 4.74 Å². The Hall–Kier alpha value is -1.89. The Kier molecular flexibility index (Phi) is 7.89. The molecule has 5 nitrogen and oxygen atoms in total. The molecule has 152 valence electrons. The van der Waals surface area contributed by atoms with Gasteiger partial charge in [0.2, 0.25) is 0 Å². The Morgan fingerprint density at radius 2 is 2.07 bits per heavy atom. The first-order chi connectivity index (χ1) is 13.7. The number of benzene rings is 1. The maximum atomic E-state index is 5.66. The zero-order chi connectivity index (χ0) is 19.8. The molecule has 3 unspecified atom stereocenters. The van der Waals surface area contributed by atoms with Crippen LogP contribution in [0.25, 0.3) is 0 Å². The van der Waals surface area contributed by atoms with Crippen molar-refractivity contribution in [1.29, 1.82) is 0 Å². The highest BCUT2D eigenvalue weighted by Gasteiger charge is 2.31. The molecule has 3 atom stereocenters. The number of thiophene rings is 1. The van der Waals surface area contributed by atoms with Crippen molar-refractivity contribution in [2.45, 2.75) is 25.0 Å². The van der Waals surface area contributed by atoms with E-state index in [1.807, 2.05) is 36.6 Å². The maximum Gasteiger partial charge on any atom is 0.191 e. The molecule has 2 aromatic rings. The lowest BCUT2D eigenvalue weighted by molar-refractivity contribution is 0.106. The molecule has 0 bridgehead atoms. The van der Waals surface area contributed by atoms with Gasteiger partial charge in [-0.2, -0.15) is 0 Å². The first-order valence-electron chi connectivity index (χ1n) is 9.98. The lowest BCUT2D eigenvalue weighted by Crippen LogP contribution is -2.45. The number of nitrogens with zero attached hydrogens (tertiary/aromatic N) is 2. The fourth-order valence-electron chi connectivity index (χ4n) is 4.03. The van der Waals surface area contributed by atoms with E-state index in [-0.39, 0.29) is 6.10 Å². The molecule has 28 heavy (non-hydrogen) atoms. The van der Waals surface area contributed by atoms with E-state index in [9.17, 15) is 0 Å². The van der Waals surface area contributed by atoms with Crippen LogP contribution in [0.2, 0.25) is 0 Å². The van der Waals surface area contributed by atoms with Gasteiger partial charge in [0, 0.05) is 38.2 Å². The average Bonchev–Trinajstić information content (AvgIpc) is 3.25. The Morgan fingerprint density at radius 3 is 2.75 bits per heavy atom. The minimum Gasteiger partial charge on any atom is -0.375 e. The molecular formula is C22H32N4OS. The smallest absolute Gasteiger partial charge is 0.191 e. The van der Waals surface area contributed by atoms with Gasteiger partial charge in [-0.15, -0.1) is 11.3 Å². The normalized spacial score (nSPS) is 22.0. The van der Waals surface area contributed by atoms with Crippen molar-refractivity contribution in [3.05, 3.63) is 58.3 Å². The molecule has 6 heteroatoms. The van der Waals surface area contributed by atoms with Crippen LogP contribution >= 0.6 is 11.3 Å². The van der Waals surface area contributed by atoms with Gasteiger partial charge >= 0.3 is 0 Å². The number of likely N-dealkylation sites (tertiary alicyclic amines) is 1. The van der Waals surface area contributed by atoms with E-state index >= 15 is 0 Å². The van der Waals surface area contributed by atoms with Gasteiger partial charge in [-0.05, 0) is 49.4 Å². The monoisotopic (exact) mass is 400 g/mol. The molecule has 3 rings (SSSR count). The molecular weight excluding hydrogens is 368 g/mol. The molecule has 0 spiro atoms. The third-order valence-electron chi connectivity index (χ3n) is 5.51. The Morgan fingerprint density at radius 1 is 1.25 bits per heavy atom. The standard InChI is InChI=1S/C22H32N4OS/c1-23-22(25-16-19(27-3)17-9-5-4-6-10-17)24-15-18-11-7-13-26(2)21(18)20-12-8-14-28-20/h4-6,8-10,12,14,18-19,21H,7,11,13,15-16H2,1-3H3,(H2,23,24,25). The summed E-state index contributed by atoms with van der Waals surface area (Å²) in [5, 5.41) is 9.14. The molecule has 0 amide bonds. The number of methoxy groups -OCH3 is 1. The van der Waals surface area contributed by atoms with Gasteiger partial charge in [0.1, 0.15) is 0 Å². The lowest BCUT2D eigenvalue weighted by Gasteiger charge is -2.39. The predicted octanol–water partition coefficient (Wildman–Crippen LogP) is 3.68. The van der Waals surface area contributed by atoms with Gasteiger partial charge in [-0.1, -0.05) is 36.4 Å². The Balaban J connectivity index is 1.55. The average molecular weight is 401 g/mol. The summed E-state index contributed by atoms with van der Waals surface area (Å²) < 4.78 is 5.66. The highest BCUT2D eigenvalue weighted by Crippen LogP contribution is 2.36. The first-order valence-corrected chi connectivity index (χ1v) is 10.9. The summed E-state index contributed by atoms with van der Waals surface area (Å²) in [4.78, 5) is 8.36. The molecule has 1 aromatic heterocycles. The topological polar surface area (TPSA) is 48.9 Å². The largest absolute Gasteiger partial charge is 0.375 e. The summed E-state index contributed by atoms with van der Waals surface area (Å²) in [5.41, 5.74) is 1.17. The van der Waals surface area contributed by atoms with Crippen molar-refractivity contribution in [2.24, 2.45) is 10.9 Å². The van der Waals surface area contributed by atoms with Crippen LogP contribution in [0.4, 0.5) is 0 Å². The van der Waals surface area contributed by atoms with E-state index in [2.05, 4.69) is 57.2 Å². The fraction of sp³-hybridized carbons (Fsp3) is 0.500. The van der Waals surface area contributed by atoms with Crippen LogP contribution in [0.1, 0.15) is 35.4 Å². The van der Waals surface area contributed by atoms with Crippen LogP contribution < -0.4 is 10.6 Å². The number of nitrogens with one attached hydrogen (secondary N) is 2. The van der Waals surface area contributed by atoms with Crippen molar-refractivity contribution in [1.82, 2.24) is 15.5 Å². The summed E-state index contributed by atoms with van der Waals surface area (Å²) in [7, 11) is 5.81. The number of rotatable bonds is 7. The summed E-state index contributed by atoms with van der Waals surface area (Å²) in [6.07, 6.45) is 2.48. The second-order valence-electron chi connectivity index (χ2n) is 7.31. The number of ether oxygens (including phenoxy) is 1. The molecule has 0 aliphatic carbocycles. The molecule has 0 radical (unpaired) electrons. The van der Waals surface area contributed by atoms with Crippen LogP contribution in [0.15, 0.2) is 52.8 Å². The molecule has 2 heterocycles. The Labute approximate surface area is 172 Å². The molecule has 1 saturated heterocycles. The van der Waals surface area contributed by atoms with E-state index in [1.165, 1.54) is 29.8 Å². The molecule has 0 saturated carbocycles. The van der Waals surface area contributed by atoms with Crippen LogP contribution in [0, 0.1) is 5.92 Å². The van der Waals surface area contributed by atoms with Gasteiger partial charge in [0.05, 0.1) is 6.10 Å². The van der Waals surface area contributed by atoms with E-state index in [0.29, 0.717) is 18.5 Å². The number of guanidine groups is 1. The Bertz CT molecular complexity index is 719. The zero-order valence-electron chi connectivity index (χ0n) is 17.1. The molecule has 2 N–H and O–H groups in total. The SMILES string of the molecule is CN=C(NCC(OC)c1ccccc1)NCC1CCCN(C)C1c1cccs1. The summed E-state index contributed by atoms with van der Waals surface area (Å²) in [6, 6.07) is 15.2. The zero-order valence-corrected chi connectivity index (χ0v) is 17.9.